The van der Waals surface area contributed by atoms with Crippen LogP contribution >= 0.6 is 0 Å². The second-order valence-electron chi connectivity index (χ2n) is 6.20. The third-order valence-electron chi connectivity index (χ3n) is 3.61. The smallest absolute Gasteiger partial charge is 0.264 e. The van der Waals surface area contributed by atoms with Gasteiger partial charge in [-0.3, -0.25) is 4.18 Å². The van der Waals surface area contributed by atoms with E-state index in [1.54, 1.807) is 0 Å². The fourth-order valence-corrected chi connectivity index (χ4v) is 2.56. The highest BCUT2D eigenvalue weighted by atomic mass is 32.2. The normalized spacial score (nSPS) is 10.8. The van der Waals surface area contributed by atoms with Crippen LogP contribution in [0.3, 0.4) is 0 Å². The largest absolute Gasteiger partial charge is 0.491 e. The lowest BCUT2D eigenvalue weighted by Crippen LogP contribution is -2.13. The Morgan fingerprint density at radius 3 is 1.89 bits per heavy atom. The average Bonchev–Trinajstić information content (AvgIpc) is 2.66. The Morgan fingerprint density at radius 1 is 0.821 bits per heavy atom. The van der Waals surface area contributed by atoms with E-state index in [1.165, 1.54) is 0 Å². The predicted octanol–water partition coefficient (Wildman–Crippen LogP) is 2.52. The summed E-state index contributed by atoms with van der Waals surface area (Å²) in [5, 5.41) is 0. The first-order valence-corrected chi connectivity index (χ1v) is 10.6. The van der Waals surface area contributed by atoms with Gasteiger partial charge in [-0.15, -0.1) is 0 Å². The van der Waals surface area contributed by atoms with Crippen molar-refractivity contribution in [1.82, 2.24) is 0 Å². The molecule has 0 spiro atoms. The monoisotopic (exact) mass is 403 g/mol. The topological polar surface area (TPSA) is 65.1 Å². The summed E-state index contributed by atoms with van der Waals surface area (Å²) in [6.07, 6.45) is 1.00. The molecule has 0 aliphatic rings. The first-order chi connectivity index (χ1) is 13.3. The molecular weight excluding hydrogens is 378 g/mol. The van der Waals surface area contributed by atoms with Gasteiger partial charge in [0.2, 0.25) is 0 Å². The van der Waals surface area contributed by atoms with Gasteiger partial charge >= 0.3 is 0 Å². The second kappa shape index (κ2) is 10.7. The van der Waals surface area contributed by atoms with Crippen molar-refractivity contribution >= 4 is 15.8 Å². The maximum absolute atomic E-state index is 10.8. The lowest BCUT2D eigenvalue weighted by Gasteiger charge is -2.11. The van der Waals surface area contributed by atoms with Crippen molar-refractivity contribution < 1.29 is 22.1 Å². The van der Waals surface area contributed by atoms with Crippen LogP contribution in [0.5, 0.6) is 5.75 Å². The summed E-state index contributed by atoms with van der Waals surface area (Å²) in [5.41, 5.74) is 3.00. The minimum absolute atomic E-state index is 0.00404. The van der Waals surface area contributed by atoms with Gasteiger partial charge in [0, 0.05) is 30.9 Å². The Hall–Kier alpha value is -2.53. The van der Waals surface area contributed by atoms with Crippen LogP contribution in [-0.2, 0) is 19.0 Å². The zero-order valence-electron chi connectivity index (χ0n) is 16.3. The summed E-state index contributed by atoms with van der Waals surface area (Å²) in [6.45, 7) is 0.907. The van der Waals surface area contributed by atoms with Crippen molar-refractivity contribution in [3.8, 4) is 17.6 Å². The van der Waals surface area contributed by atoms with Crippen molar-refractivity contribution in [1.29, 1.82) is 0 Å². The van der Waals surface area contributed by atoms with Gasteiger partial charge in [0.15, 0.2) is 0 Å². The fourth-order valence-electron chi connectivity index (χ4n) is 2.19. The van der Waals surface area contributed by atoms with Crippen LogP contribution in [0.25, 0.3) is 0 Å². The van der Waals surface area contributed by atoms with Crippen molar-refractivity contribution in [3.63, 3.8) is 0 Å². The van der Waals surface area contributed by atoms with Crippen LogP contribution < -0.4 is 9.64 Å². The van der Waals surface area contributed by atoms with E-state index in [0.29, 0.717) is 13.2 Å². The minimum atomic E-state index is -3.42. The summed E-state index contributed by atoms with van der Waals surface area (Å²) in [7, 11) is 0.592. The van der Waals surface area contributed by atoms with Gasteiger partial charge < -0.3 is 14.4 Å². The number of ether oxygens (including phenoxy) is 2. The molecule has 0 amide bonds. The predicted molar refractivity (Wildman–Crippen MR) is 110 cm³/mol. The van der Waals surface area contributed by atoms with Gasteiger partial charge in [-0.1, -0.05) is 11.8 Å². The highest BCUT2D eigenvalue weighted by Gasteiger charge is 2.00. The van der Waals surface area contributed by atoms with E-state index >= 15 is 0 Å². The third-order valence-corrected chi connectivity index (χ3v) is 4.21. The van der Waals surface area contributed by atoms with Crippen LogP contribution in [0.2, 0.25) is 0 Å². The van der Waals surface area contributed by atoms with Crippen molar-refractivity contribution in [2.24, 2.45) is 0 Å². The summed E-state index contributed by atoms with van der Waals surface area (Å²) >= 11 is 0. The Balaban J connectivity index is 1.73. The molecule has 0 N–H and O–H groups in total. The number of rotatable bonds is 9. The van der Waals surface area contributed by atoms with Gasteiger partial charge in [-0.2, -0.15) is 8.42 Å². The average molecular weight is 404 g/mol. The van der Waals surface area contributed by atoms with Crippen LogP contribution in [0, 0.1) is 11.8 Å². The minimum Gasteiger partial charge on any atom is -0.491 e. The molecule has 0 aliphatic heterocycles. The molecule has 2 aromatic carbocycles. The fraction of sp³-hybridized carbons (Fsp3) is 0.333. The van der Waals surface area contributed by atoms with Crippen molar-refractivity contribution in [2.75, 3.05) is 51.7 Å². The van der Waals surface area contributed by atoms with Crippen molar-refractivity contribution in [3.05, 3.63) is 59.7 Å². The molecular formula is C21H25NO5S. The molecule has 6 nitrogen and oxygen atoms in total. The molecule has 0 fully saturated rings. The van der Waals surface area contributed by atoms with E-state index in [9.17, 15) is 8.42 Å². The summed E-state index contributed by atoms with van der Waals surface area (Å²) in [6, 6.07) is 15.6. The van der Waals surface area contributed by atoms with Gasteiger partial charge in [-0.05, 0) is 48.5 Å². The number of hydrogen-bond donors (Lipinski definition) is 0. The Morgan fingerprint density at radius 2 is 1.36 bits per heavy atom. The molecule has 2 aromatic rings. The highest BCUT2D eigenvalue weighted by molar-refractivity contribution is 7.85. The summed E-state index contributed by atoms with van der Waals surface area (Å²) in [4.78, 5) is 2.05. The van der Waals surface area contributed by atoms with E-state index in [0.717, 1.165) is 28.8 Å². The lowest BCUT2D eigenvalue weighted by atomic mass is 10.1. The molecule has 0 unspecified atom stereocenters. The van der Waals surface area contributed by atoms with Gasteiger partial charge in [0.05, 0.1) is 26.1 Å². The number of benzene rings is 2. The molecule has 0 heterocycles. The van der Waals surface area contributed by atoms with Gasteiger partial charge in [0.25, 0.3) is 10.1 Å². The zero-order chi connectivity index (χ0) is 20.4. The first-order valence-electron chi connectivity index (χ1n) is 8.78. The van der Waals surface area contributed by atoms with E-state index in [-0.39, 0.29) is 13.2 Å². The van der Waals surface area contributed by atoms with Crippen LogP contribution in [0.4, 0.5) is 5.69 Å². The van der Waals surface area contributed by atoms with E-state index < -0.39 is 10.1 Å². The molecule has 0 aromatic heterocycles. The van der Waals surface area contributed by atoms with Crippen LogP contribution in [-0.4, -0.2) is 55.2 Å². The first kappa shape index (κ1) is 21.8. The SMILES string of the molecule is CN(C)c1ccc(C#Cc2ccc(OCCOCCOS(C)(=O)=O)cc2)cc1. The standard InChI is InChI=1S/C21H25NO5S/c1-22(2)20-10-6-18(7-11-20)4-5-19-8-12-21(13-9-19)26-16-14-25-15-17-27-28(3,23)24/h6-13H,14-17H2,1-3H3. The molecule has 0 aliphatic carbocycles. The maximum Gasteiger partial charge on any atom is 0.264 e. The molecule has 150 valence electrons. The van der Waals surface area contributed by atoms with E-state index in [1.807, 2.05) is 67.5 Å². The molecule has 2 rings (SSSR count). The molecule has 0 atom stereocenters. The van der Waals surface area contributed by atoms with E-state index in [2.05, 4.69) is 16.0 Å². The maximum atomic E-state index is 10.8. The highest BCUT2D eigenvalue weighted by Crippen LogP contribution is 2.13. The van der Waals surface area contributed by atoms with Crippen LogP contribution in [0.15, 0.2) is 48.5 Å². The van der Waals surface area contributed by atoms with Gasteiger partial charge in [-0.25, -0.2) is 0 Å². The third kappa shape index (κ3) is 8.44. The zero-order valence-corrected chi connectivity index (χ0v) is 17.2. The summed E-state index contributed by atoms with van der Waals surface area (Å²) < 4.78 is 37.0. The lowest BCUT2D eigenvalue weighted by molar-refractivity contribution is 0.0781. The molecule has 28 heavy (non-hydrogen) atoms. The number of anilines is 1. The molecule has 7 heteroatoms. The molecule has 0 saturated carbocycles. The molecule has 0 bridgehead atoms. The van der Waals surface area contributed by atoms with Crippen LogP contribution in [0.1, 0.15) is 11.1 Å². The van der Waals surface area contributed by atoms with Crippen molar-refractivity contribution in [2.45, 2.75) is 0 Å². The Bertz CT molecular complexity index is 895. The number of nitrogens with zero attached hydrogens (tertiary/aromatic N) is 1. The Labute approximate surface area is 167 Å². The molecule has 0 radical (unpaired) electrons. The van der Waals surface area contributed by atoms with Gasteiger partial charge in [0.1, 0.15) is 12.4 Å². The van der Waals surface area contributed by atoms with E-state index in [4.69, 9.17) is 9.47 Å². The second-order valence-corrected chi connectivity index (χ2v) is 7.85. The molecule has 0 saturated heterocycles. The quantitative estimate of drug-likeness (QED) is 0.364. The number of hydrogen-bond acceptors (Lipinski definition) is 6. The Kier molecular flexibility index (Phi) is 8.33. The summed E-state index contributed by atoms with van der Waals surface area (Å²) in [5.74, 6) is 7.00.